The number of hydrogen-bond donors (Lipinski definition) is 0. The van der Waals surface area contributed by atoms with Gasteiger partial charge in [-0.25, -0.2) is 4.39 Å². The van der Waals surface area contributed by atoms with Crippen molar-refractivity contribution in [1.82, 2.24) is 0 Å². The third kappa shape index (κ3) is 3.26. The maximum Gasteiger partial charge on any atom is 0.311 e. The highest BCUT2D eigenvalue weighted by atomic mass is 79.9. The summed E-state index contributed by atoms with van der Waals surface area (Å²) in [6.45, 7) is 0. The maximum absolute atomic E-state index is 13.2. The molecule has 4 nitrogen and oxygen atoms in total. The molecule has 0 heterocycles. The number of nitrogens with zero attached hydrogens (tertiary/aromatic N) is 1. The second-order valence-corrected chi connectivity index (χ2v) is 4.98. The summed E-state index contributed by atoms with van der Waals surface area (Å²) in [5, 5.41) is 10.9. The first-order chi connectivity index (χ1) is 9.51. The molecule has 0 aromatic heterocycles. The molecule has 0 aliphatic carbocycles. The predicted molar refractivity (Wildman–Crippen MR) is 76.8 cm³/mol. The van der Waals surface area contributed by atoms with Crippen molar-refractivity contribution >= 4 is 33.2 Å². The summed E-state index contributed by atoms with van der Waals surface area (Å²) in [5.41, 5.74) is 0.553. The SMILES string of the molecule is O=[N+]([O-])c1ccc(F)cc1Oc1ccc(CCl)c(Br)c1. The Bertz CT molecular complexity index is 666. The van der Waals surface area contributed by atoms with E-state index in [1.165, 1.54) is 0 Å². The Morgan fingerprint density at radius 1 is 1.30 bits per heavy atom. The van der Waals surface area contributed by atoms with Crippen molar-refractivity contribution in [1.29, 1.82) is 0 Å². The van der Waals surface area contributed by atoms with Crippen molar-refractivity contribution in [3.63, 3.8) is 0 Å². The standard InChI is InChI=1S/C13H8BrClFNO3/c14-11-6-10(3-1-8(11)7-15)20-13-5-9(16)2-4-12(13)17(18)19/h1-6H,7H2. The molecule has 0 saturated heterocycles. The van der Waals surface area contributed by atoms with Gasteiger partial charge in [-0.2, -0.15) is 0 Å². The van der Waals surface area contributed by atoms with Crippen LogP contribution in [0.15, 0.2) is 40.9 Å². The molecule has 0 atom stereocenters. The lowest BCUT2D eigenvalue weighted by molar-refractivity contribution is -0.385. The Morgan fingerprint density at radius 3 is 2.65 bits per heavy atom. The van der Waals surface area contributed by atoms with Gasteiger partial charge in [-0.15, -0.1) is 11.6 Å². The first-order valence-electron chi connectivity index (χ1n) is 5.47. The van der Waals surface area contributed by atoms with Gasteiger partial charge >= 0.3 is 5.69 Å². The third-order valence-corrected chi connectivity index (χ3v) is 3.54. The van der Waals surface area contributed by atoms with Gasteiger partial charge in [-0.05, 0) is 23.8 Å². The van der Waals surface area contributed by atoms with E-state index in [-0.39, 0.29) is 11.4 Å². The Hall–Kier alpha value is -1.66. The molecule has 0 radical (unpaired) electrons. The Labute approximate surface area is 127 Å². The predicted octanol–water partition coefficient (Wildman–Crippen LogP) is 5.03. The second kappa shape index (κ2) is 6.19. The molecular formula is C13H8BrClFNO3. The average Bonchev–Trinajstić information content (AvgIpc) is 2.38. The highest BCUT2D eigenvalue weighted by Crippen LogP contribution is 2.33. The number of nitro benzene ring substituents is 1. The largest absolute Gasteiger partial charge is 0.450 e. The molecule has 2 aromatic rings. The van der Waals surface area contributed by atoms with Gasteiger partial charge in [-0.1, -0.05) is 22.0 Å². The van der Waals surface area contributed by atoms with Crippen LogP contribution < -0.4 is 4.74 Å². The molecule has 0 amide bonds. The molecule has 20 heavy (non-hydrogen) atoms. The van der Waals surface area contributed by atoms with Gasteiger partial charge in [0, 0.05) is 22.5 Å². The fraction of sp³-hybridized carbons (Fsp3) is 0.0769. The summed E-state index contributed by atoms with van der Waals surface area (Å²) in [6, 6.07) is 7.99. The minimum atomic E-state index is -0.628. The van der Waals surface area contributed by atoms with Gasteiger partial charge in [-0.3, -0.25) is 10.1 Å². The molecule has 0 aliphatic rings. The number of alkyl halides is 1. The van der Waals surface area contributed by atoms with E-state index in [2.05, 4.69) is 15.9 Å². The number of ether oxygens (including phenoxy) is 1. The topological polar surface area (TPSA) is 52.4 Å². The molecule has 0 saturated carbocycles. The number of rotatable bonds is 4. The van der Waals surface area contributed by atoms with Gasteiger partial charge in [0.25, 0.3) is 0 Å². The van der Waals surface area contributed by atoms with Crippen molar-refractivity contribution in [2.45, 2.75) is 5.88 Å². The molecule has 2 aromatic carbocycles. The average molecular weight is 361 g/mol. The van der Waals surface area contributed by atoms with E-state index < -0.39 is 10.7 Å². The lowest BCUT2D eigenvalue weighted by Gasteiger charge is -2.08. The fourth-order valence-electron chi connectivity index (χ4n) is 1.55. The molecule has 0 N–H and O–H groups in total. The van der Waals surface area contributed by atoms with Crippen molar-refractivity contribution in [2.75, 3.05) is 0 Å². The van der Waals surface area contributed by atoms with Crippen molar-refractivity contribution in [3.05, 3.63) is 62.4 Å². The van der Waals surface area contributed by atoms with Crippen LogP contribution >= 0.6 is 27.5 Å². The van der Waals surface area contributed by atoms with E-state index in [4.69, 9.17) is 16.3 Å². The van der Waals surface area contributed by atoms with Crippen LogP contribution in [0.4, 0.5) is 10.1 Å². The second-order valence-electron chi connectivity index (χ2n) is 3.86. The van der Waals surface area contributed by atoms with E-state index in [1.807, 2.05) is 0 Å². The molecule has 0 aliphatic heterocycles. The van der Waals surface area contributed by atoms with Crippen molar-refractivity contribution in [2.24, 2.45) is 0 Å². The van der Waals surface area contributed by atoms with Crippen LogP contribution in [-0.2, 0) is 5.88 Å². The van der Waals surface area contributed by atoms with E-state index in [0.717, 1.165) is 23.8 Å². The van der Waals surface area contributed by atoms with Crippen LogP contribution in [-0.4, -0.2) is 4.92 Å². The molecule has 2 rings (SSSR count). The number of hydrogen-bond acceptors (Lipinski definition) is 3. The molecular weight excluding hydrogens is 353 g/mol. The minimum absolute atomic E-state index is 0.152. The molecule has 0 bridgehead atoms. The van der Waals surface area contributed by atoms with E-state index in [1.54, 1.807) is 18.2 Å². The first kappa shape index (κ1) is 14.7. The van der Waals surface area contributed by atoms with Gasteiger partial charge in [0.2, 0.25) is 5.75 Å². The van der Waals surface area contributed by atoms with E-state index in [9.17, 15) is 14.5 Å². The lowest BCUT2D eigenvalue weighted by atomic mass is 10.2. The fourth-order valence-corrected chi connectivity index (χ4v) is 2.44. The van der Waals surface area contributed by atoms with E-state index in [0.29, 0.717) is 16.1 Å². The van der Waals surface area contributed by atoms with Crippen LogP contribution in [0, 0.1) is 15.9 Å². The Kier molecular flexibility index (Phi) is 4.57. The van der Waals surface area contributed by atoms with Crippen LogP contribution in [0.1, 0.15) is 5.56 Å². The zero-order valence-electron chi connectivity index (χ0n) is 9.98. The summed E-state index contributed by atoms with van der Waals surface area (Å²) in [4.78, 5) is 10.2. The number of nitro groups is 1. The molecule has 0 spiro atoms. The molecule has 7 heteroatoms. The number of halogens is 3. The first-order valence-corrected chi connectivity index (χ1v) is 6.80. The summed E-state index contributed by atoms with van der Waals surface area (Å²) in [6.07, 6.45) is 0. The summed E-state index contributed by atoms with van der Waals surface area (Å²) >= 11 is 9.03. The number of benzene rings is 2. The lowest BCUT2D eigenvalue weighted by Crippen LogP contribution is -1.94. The molecule has 0 unspecified atom stereocenters. The van der Waals surface area contributed by atoms with Gasteiger partial charge < -0.3 is 4.74 Å². The van der Waals surface area contributed by atoms with Gasteiger partial charge in [0.1, 0.15) is 11.6 Å². The van der Waals surface area contributed by atoms with Crippen LogP contribution in [0.25, 0.3) is 0 Å². The van der Waals surface area contributed by atoms with Gasteiger partial charge in [0.05, 0.1) is 4.92 Å². The van der Waals surface area contributed by atoms with E-state index >= 15 is 0 Å². The smallest absolute Gasteiger partial charge is 0.311 e. The highest BCUT2D eigenvalue weighted by molar-refractivity contribution is 9.10. The van der Waals surface area contributed by atoms with Crippen LogP contribution in [0.3, 0.4) is 0 Å². The Morgan fingerprint density at radius 2 is 2.05 bits per heavy atom. The Balaban J connectivity index is 2.36. The maximum atomic E-state index is 13.2. The summed E-state index contributed by atoms with van der Waals surface area (Å²) in [5.74, 6) is -0.0944. The van der Waals surface area contributed by atoms with Crippen molar-refractivity contribution in [3.8, 4) is 11.5 Å². The summed E-state index contributed by atoms with van der Waals surface area (Å²) in [7, 11) is 0. The zero-order chi connectivity index (χ0) is 14.7. The quantitative estimate of drug-likeness (QED) is 0.436. The third-order valence-electron chi connectivity index (χ3n) is 2.51. The normalized spacial score (nSPS) is 10.3. The van der Waals surface area contributed by atoms with Crippen LogP contribution in [0.5, 0.6) is 11.5 Å². The van der Waals surface area contributed by atoms with Gasteiger partial charge in [0.15, 0.2) is 0 Å². The molecule has 0 fully saturated rings. The van der Waals surface area contributed by atoms with Crippen molar-refractivity contribution < 1.29 is 14.1 Å². The molecule has 104 valence electrons. The minimum Gasteiger partial charge on any atom is -0.450 e. The highest BCUT2D eigenvalue weighted by Gasteiger charge is 2.17. The van der Waals surface area contributed by atoms with Crippen LogP contribution in [0.2, 0.25) is 0 Å². The monoisotopic (exact) mass is 359 g/mol. The summed E-state index contributed by atoms with van der Waals surface area (Å²) < 4.78 is 19.3. The zero-order valence-corrected chi connectivity index (χ0v) is 12.3.